The molecule has 0 aliphatic carbocycles. The highest BCUT2D eigenvalue weighted by atomic mass is 19.4. The number of hydrogen-bond donors (Lipinski definition) is 0. The number of rotatable bonds is 11. The number of hydrogen-bond acceptors (Lipinski definition) is 2. The van der Waals surface area contributed by atoms with Gasteiger partial charge in [0.1, 0.15) is 6.10 Å². The number of nitrogens with zero attached hydrogens (tertiary/aromatic N) is 2. The van der Waals surface area contributed by atoms with Crippen LogP contribution in [0.25, 0.3) is 34.0 Å². The van der Waals surface area contributed by atoms with E-state index in [9.17, 15) is 26.3 Å². The van der Waals surface area contributed by atoms with Crippen molar-refractivity contribution in [2.24, 2.45) is 4.99 Å². The molecule has 0 spiro atoms. The Balaban J connectivity index is 1.73. The minimum atomic E-state index is -5.80. The fraction of sp³-hybridized carbons (Fsp3) is 0.411. The van der Waals surface area contributed by atoms with Crippen LogP contribution in [0.4, 0.5) is 26.3 Å². The van der Waals surface area contributed by atoms with Gasteiger partial charge in [0.05, 0.1) is 11.4 Å². The Bertz CT molecular complexity index is 2590. The second-order valence-corrected chi connectivity index (χ2v) is 21.9. The molecular weight excluding hydrogens is 857 g/mol. The third kappa shape index (κ3) is 12.0. The topological polar surface area (TPSA) is 39.3 Å². The molecule has 1 atom stereocenters. The maximum absolute atomic E-state index is 14.6. The van der Waals surface area contributed by atoms with Crippen molar-refractivity contribution in [2.45, 2.75) is 150 Å². The van der Waals surface area contributed by atoms with Crippen LogP contribution in [-0.4, -0.2) is 46.7 Å². The van der Waals surface area contributed by atoms with Gasteiger partial charge in [-0.05, 0) is 78.8 Å². The lowest BCUT2D eigenvalue weighted by molar-refractivity contribution is -0.306. The molecule has 1 aliphatic heterocycles. The average Bonchev–Trinajstić information content (AvgIpc) is 3.82. The van der Waals surface area contributed by atoms with Crippen LogP contribution in [0.3, 0.4) is 0 Å². The Kier molecular flexibility index (Phi) is 14.4. The molecule has 0 radical (unpaired) electrons. The second kappa shape index (κ2) is 18.8. The Hall–Kier alpha value is -5.13. The number of aliphatic imine (C=N–C) groups is 1. The summed E-state index contributed by atoms with van der Waals surface area (Å²) in [6.07, 6.45) is -12.3. The average molecular weight is 924 g/mol. The zero-order valence-electron chi connectivity index (χ0n) is 41.4. The van der Waals surface area contributed by atoms with E-state index in [0.717, 1.165) is 39.0 Å². The minimum absolute atomic E-state index is 0.0925. The van der Waals surface area contributed by atoms with Crippen molar-refractivity contribution in [2.75, 3.05) is 0 Å². The van der Waals surface area contributed by atoms with Crippen molar-refractivity contribution in [1.82, 2.24) is 4.48 Å². The van der Waals surface area contributed by atoms with Gasteiger partial charge >= 0.3 is 19.6 Å². The van der Waals surface area contributed by atoms with Crippen LogP contribution in [0.15, 0.2) is 120 Å². The molecule has 11 heteroatoms. The predicted molar refractivity (Wildman–Crippen MR) is 266 cm³/mol. The van der Waals surface area contributed by atoms with Crippen LogP contribution >= 0.6 is 0 Å². The molecule has 4 aromatic carbocycles. The van der Waals surface area contributed by atoms with Crippen LogP contribution in [0.5, 0.6) is 0 Å². The van der Waals surface area contributed by atoms with Gasteiger partial charge in [-0.25, -0.2) is 4.99 Å². The smallest absolute Gasteiger partial charge is 0.491 e. The normalized spacial score (nSPS) is 15.3. The summed E-state index contributed by atoms with van der Waals surface area (Å²) in [6, 6.07) is 33.6. The van der Waals surface area contributed by atoms with Crippen LogP contribution in [0.2, 0.25) is 0 Å². The molecule has 67 heavy (non-hydrogen) atoms. The molecule has 0 fully saturated rings. The molecule has 1 aromatic heterocycles. The lowest BCUT2D eigenvalue weighted by Gasteiger charge is -2.26. The molecule has 0 saturated heterocycles. The molecule has 1 aliphatic rings. The van der Waals surface area contributed by atoms with Gasteiger partial charge in [-0.3, -0.25) is 4.48 Å². The van der Waals surface area contributed by atoms with E-state index in [1.165, 1.54) is 4.48 Å². The summed E-state index contributed by atoms with van der Waals surface area (Å²) in [7, 11) is -2.08. The SMILES string of the molecule is CCC(C)[OH+]B(OC(C(F)(F)F)C(F)(F)F)n1c(-c2ccc(C(C)(C)C)cc2)cc(-c2ccc(C(C)(C)C)cc2)c1/C=C1\N=C(c2ccc(C(C)(C)C)cc2)C=C1c1ccc(C(C)(C)C)cc1. The number of benzene rings is 4. The van der Waals surface area contributed by atoms with Crippen molar-refractivity contribution in [3.63, 3.8) is 0 Å². The van der Waals surface area contributed by atoms with E-state index in [1.807, 2.05) is 84.9 Å². The molecule has 0 saturated carbocycles. The summed E-state index contributed by atoms with van der Waals surface area (Å²) in [6.45, 7) is 28.7. The van der Waals surface area contributed by atoms with E-state index in [2.05, 4.69) is 112 Å². The summed E-state index contributed by atoms with van der Waals surface area (Å²) in [5.74, 6) is 0. The lowest BCUT2D eigenvalue weighted by Crippen LogP contribution is -2.52. The van der Waals surface area contributed by atoms with E-state index in [4.69, 9.17) is 9.65 Å². The molecule has 0 bridgehead atoms. The third-order valence-electron chi connectivity index (χ3n) is 12.4. The summed E-state index contributed by atoms with van der Waals surface area (Å²) in [5, 5.41) is 0. The maximum atomic E-state index is 14.6. The van der Waals surface area contributed by atoms with Gasteiger partial charge in [0.15, 0.2) is 0 Å². The largest absolute Gasteiger partial charge is 0.844 e. The monoisotopic (exact) mass is 924 g/mol. The molecule has 356 valence electrons. The van der Waals surface area contributed by atoms with Crippen molar-refractivity contribution in [3.05, 3.63) is 154 Å². The summed E-state index contributed by atoms with van der Waals surface area (Å²) >= 11 is 0. The van der Waals surface area contributed by atoms with Crippen LogP contribution in [0, 0.1) is 0 Å². The number of allylic oxidation sites excluding steroid dienone is 2. The highest BCUT2D eigenvalue weighted by molar-refractivity contribution is 6.43. The van der Waals surface area contributed by atoms with E-state index in [-0.39, 0.29) is 27.4 Å². The first-order chi connectivity index (χ1) is 30.9. The first-order valence-electron chi connectivity index (χ1n) is 23.1. The van der Waals surface area contributed by atoms with Crippen molar-refractivity contribution in [3.8, 4) is 22.4 Å². The molecule has 0 amide bonds. The fourth-order valence-electron chi connectivity index (χ4n) is 7.96. The highest BCUT2D eigenvalue weighted by Gasteiger charge is 2.62. The van der Waals surface area contributed by atoms with Gasteiger partial charge in [-0.2, -0.15) is 26.3 Å². The molecular formula is C56H66BF6N2O2+. The van der Waals surface area contributed by atoms with E-state index in [1.54, 1.807) is 19.9 Å². The minimum Gasteiger partial charge on any atom is -0.491 e. The van der Waals surface area contributed by atoms with Gasteiger partial charge in [0, 0.05) is 41.4 Å². The van der Waals surface area contributed by atoms with E-state index < -0.39 is 31.8 Å². The molecule has 1 unspecified atom stereocenters. The Morgan fingerprint density at radius 3 is 1.36 bits per heavy atom. The van der Waals surface area contributed by atoms with Gasteiger partial charge in [0.25, 0.3) is 0 Å². The number of aromatic nitrogens is 1. The van der Waals surface area contributed by atoms with Crippen LogP contribution < -0.4 is 0 Å². The molecule has 4 nitrogen and oxygen atoms in total. The summed E-state index contributed by atoms with van der Waals surface area (Å²) in [5.41, 5.74) is 9.57. The van der Waals surface area contributed by atoms with Crippen LogP contribution in [0.1, 0.15) is 142 Å². The third-order valence-corrected chi connectivity index (χ3v) is 12.4. The van der Waals surface area contributed by atoms with Gasteiger partial charge in [-0.1, -0.05) is 187 Å². The predicted octanol–water partition coefficient (Wildman–Crippen LogP) is 15.6. The molecule has 2 heterocycles. The maximum Gasteiger partial charge on any atom is 0.844 e. The lowest BCUT2D eigenvalue weighted by atomic mass is 9.85. The molecule has 5 aromatic rings. The Morgan fingerprint density at radius 2 is 0.970 bits per heavy atom. The van der Waals surface area contributed by atoms with Gasteiger partial charge in [-0.15, -0.1) is 0 Å². The van der Waals surface area contributed by atoms with Gasteiger partial charge in [0.2, 0.25) is 6.10 Å². The Morgan fingerprint density at radius 1 is 0.582 bits per heavy atom. The summed E-state index contributed by atoms with van der Waals surface area (Å²) < 4.78 is 99.1. The van der Waals surface area contributed by atoms with Gasteiger partial charge < -0.3 is 9.31 Å². The number of halogens is 6. The quantitative estimate of drug-likeness (QED) is 0.0739. The molecule has 1 N–H and O–H groups in total. The zero-order valence-corrected chi connectivity index (χ0v) is 41.4. The van der Waals surface area contributed by atoms with E-state index >= 15 is 0 Å². The standard InChI is InChI=1S/C56H65BF6N2O2/c1-15-35(2)66-57(67-50(55(58,59)60)56(61,62)63)65-48(39-22-30-43(31-23-39)54(12,13)14)33-45(37-18-26-41(27-19-37)52(6,7)8)49(65)34-47-44(36-16-24-40(25-17-36)51(3,4)5)32-46(64-47)38-20-28-42(29-21-38)53(9,10)11/h16-35,50H,15H2,1-14H3/p+1/b47-34-. The highest BCUT2D eigenvalue weighted by Crippen LogP contribution is 2.42. The summed E-state index contributed by atoms with van der Waals surface area (Å²) in [4.78, 5) is 5.23. The first-order valence-corrected chi connectivity index (χ1v) is 23.1. The van der Waals surface area contributed by atoms with E-state index in [0.29, 0.717) is 40.2 Å². The first kappa shape index (κ1) is 51.3. The van der Waals surface area contributed by atoms with Crippen molar-refractivity contribution >= 4 is 24.6 Å². The van der Waals surface area contributed by atoms with Crippen LogP contribution in [-0.2, 0) is 26.3 Å². The number of aliphatic hydroxyl groups is 1. The second-order valence-electron chi connectivity index (χ2n) is 21.9. The fourth-order valence-corrected chi connectivity index (χ4v) is 7.96. The Labute approximate surface area is 394 Å². The molecule has 6 rings (SSSR count). The van der Waals surface area contributed by atoms with Crippen molar-refractivity contribution < 1.29 is 35.7 Å². The zero-order chi connectivity index (χ0) is 49.7. The van der Waals surface area contributed by atoms with Crippen molar-refractivity contribution in [1.29, 1.82) is 0 Å². The number of alkyl halides is 6.